The fourth-order valence-corrected chi connectivity index (χ4v) is 8.53. The molecule has 0 aliphatic carbocycles. The van der Waals surface area contributed by atoms with Crippen molar-refractivity contribution >= 4 is 71.3 Å². The lowest BCUT2D eigenvalue weighted by Gasteiger charge is -2.26. The zero-order valence-corrected chi connectivity index (χ0v) is 30.6. The SMILES string of the molecule is c1cc(-c2cc3ccccc3c3ccccc23)cc(N(c2ccc(-c3ccc4oc5ccccc5c4c3)cc2)c2ccc(-c3cccc4ccccc34)cc2)c1. The predicted octanol–water partition coefficient (Wildman–Crippen LogP) is 15.5. The maximum absolute atomic E-state index is 6.13. The van der Waals surface area contributed by atoms with Gasteiger partial charge in [0.25, 0.3) is 0 Å². The summed E-state index contributed by atoms with van der Waals surface area (Å²) in [5.41, 5.74) is 12.2. The number of hydrogen-bond acceptors (Lipinski definition) is 2. The number of hydrogen-bond donors (Lipinski definition) is 0. The van der Waals surface area contributed by atoms with Gasteiger partial charge in [0.05, 0.1) is 0 Å². The number of rotatable bonds is 6. The number of para-hydroxylation sites is 1. The average Bonchev–Trinajstić information content (AvgIpc) is 3.65. The van der Waals surface area contributed by atoms with Crippen molar-refractivity contribution in [3.05, 3.63) is 212 Å². The first-order valence-electron chi connectivity index (χ1n) is 19.2. The molecule has 0 unspecified atom stereocenters. The topological polar surface area (TPSA) is 16.4 Å². The Hall–Kier alpha value is -7.42. The van der Waals surface area contributed by atoms with Crippen molar-refractivity contribution in [2.75, 3.05) is 4.90 Å². The van der Waals surface area contributed by atoms with Crippen molar-refractivity contribution in [1.29, 1.82) is 0 Å². The number of nitrogens with zero attached hydrogens (tertiary/aromatic N) is 1. The highest BCUT2D eigenvalue weighted by Gasteiger charge is 2.17. The summed E-state index contributed by atoms with van der Waals surface area (Å²) in [6.45, 7) is 0. The van der Waals surface area contributed by atoms with Crippen LogP contribution in [0.15, 0.2) is 217 Å². The summed E-state index contributed by atoms with van der Waals surface area (Å²) in [4.78, 5) is 2.37. The summed E-state index contributed by atoms with van der Waals surface area (Å²) in [5.74, 6) is 0. The molecule has 2 nitrogen and oxygen atoms in total. The maximum Gasteiger partial charge on any atom is 0.135 e. The Bertz CT molecular complexity index is 3240. The zero-order chi connectivity index (χ0) is 37.0. The van der Waals surface area contributed by atoms with E-state index >= 15 is 0 Å². The van der Waals surface area contributed by atoms with E-state index in [-0.39, 0.29) is 0 Å². The van der Waals surface area contributed by atoms with Crippen LogP contribution in [0.25, 0.3) is 87.6 Å². The molecule has 0 saturated heterocycles. The minimum absolute atomic E-state index is 0.906. The molecule has 1 aromatic heterocycles. The molecule has 0 aliphatic heterocycles. The fraction of sp³-hybridized carbons (Fsp3) is 0. The Morgan fingerprint density at radius 1 is 0.268 bits per heavy atom. The largest absolute Gasteiger partial charge is 0.456 e. The molecule has 11 aromatic rings. The van der Waals surface area contributed by atoms with E-state index < -0.39 is 0 Å². The monoisotopic (exact) mass is 713 g/mol. The van der Waals surface area contributed by atoms with Gasteiger partial charge in [0, 0.05) is 27.8 Å². The molecule has 0 amide bonds. The molecule has 0 atom stereocenters. The Labute approximate surface area is 325 Å². The molecule has 0 bridgehead atoms. The van der Waals surface area contributed by atoms with Crippen LogP contribution in [0.3, 0.4) is 0 Å². The van der Waals surface area contributed by atoms with Gasteiger partial charge in [-0.1, -0.05) is 152 Å². The second-order valence-electron chi connectivity index (χ2n) is 14.5. The highest BCUT2D eigenvalue weighted by atomic mass is 16.3. The third-order valence-corrected chi connectivity index (χ3v) is 11.2. The highest BCUT2D eigenvalue weighted by Crippen LogP contribution is 2.42. The molecular weight excluding hydrogens is 679 g/mol. The van der Waals surface area contributed by atoms with E-state index in [4.69, 9.17) is 4.42 Å². The van der Waals surface area contributed by atoms with Crippen molar-refractivity contribution in [2.24, 2.45) is 0 Å². The molecule has 2 heteroatoms. The summed E-state index contributed by atoms with van der Waals surface area (Å²) in [5, 5.41) is 9.80. The van der Waals surface area contributed by atoms with Gasteiger partial charge in [-0.25, -0.2) is 0 Å². The molecule has 0 spiro atoms. The molecule has 1 heterocycles. The first-order valence-corrected chi connectivity index (χ1v) is 19.2. The Morgan fingerprint density at radius 2 is 0.857 bits per heavy atom. The minimum Gasteiger partial charge on any atom is -0.456 e. The molecule has 262 valence electrons. The van der Waals surface area contributed by atoms with Gasteiger partial charge in [0.2, 0.25) is 0 Å². The zero-order valence-electron chi connectivity index (χ0n) is 30.6. The summed E-state index contributed by atoms with van der Waals surface area (Å²) in [6, 6.07) is 76.6. The van der Waals surface area contributed by atoms with E-state index in [0.717, 1.165) is 50.1 Å². The van der Waals surface area contributed by atoms with E-state index in [0.29, 0.717) is 0 Å². The maximum atomic E-state index is 6.13. The van der Waals surface area contributed by atoms with E-state index in [1.807, 2.05) is 12.1 Å². The standard InChI is InChI=1S/C54H35NO/c1-3-16-45-37(11-1)13-10-21-46(45)38-25-30-43(31-26-38)55(42-28-23-36(24-29-42)39-27-32-54-52(34-39)50-20-7-8-22-53(50)56-54)44-15-9-14-40(33-44)51-35-41-12-2-4-17-47(41)48-18-5-6-19-49(48)51/h1-35H. The van der Waals surface area contributed by atoms with Crippen molar-refractivity contribution in [3.8, 4) is 33.4 Å². The summed E-state index contributed by atoms with van der Waals surface area (Å²) >= 11 is 0. The van der Waals surface area contributed by atoms with Gasteiger partial charge in [-0.2, -0.15) is 0 Å². The smallest absolute Gasteiger partial charge is 0.135 e. The van der Waals surface area contributed by atoms with Crippen LogP contribution in [0, 0.1) is 0 Å². The molecule has 56 heavy (non-hydrogen) atoms. The van der Waals surface area contributed by atoms with Crippen LogP contribution >= 0.6 is 0 Å². The van der Waals surface area contributed by atoms with Gasteiger partial charge in [-0.15, -0.1) is 0 Å². The second-order valence-corrected chi connectivity index (χ2v) is 14.5. The number of benzene rings is 10. The van der Waals surface area contributed by atoms with Gasteiger partial charge >= 0.3 is 0 Å². The normalized spacial score (nSPS) is 11.6. The van der Waals surface area contributed by atoms with Gasteiger partial charge < -0.3 is 9.32 Å². The van der Waals surface area contributed by atoms with Crippen LogP contribution in [-0.4, -0.2) is 0 Å². The van der Waals surface area contributed by atoms with Crippen molar-refractivity contribution in [1.82, 2.24) is 0 Å². The second kappa shape index (κ2) is 13.2. The quantitative estimate of drug-likeness (QED) is 0.160. The van der Waals surface area contributed by atoms with E-state index in [9.17, 15) is 0 Å². The van der Waals surface area contributed by atoms with Gasteiger partial charge in [-0.3, -0.25) is 0 Å². The first-order chi connectivity index (χ1) is 27.7. The lowest BCUT2D eigenvalue weighted by atomic mass is 9.93. The number of furan rings is 1. The van der Waals surface area contributed by atoms with Gasteiger partial charge in [0.15, 0.2) is 0 Å². The van der Waals surface area contributed by atoms with E-state index in [1.54, 1.807) is 0 Å². The van der Waals surface area contributed by atoms with Gasteiger partial charge in [0.1, 0.15) is 11.2 Å². The van der Waals surface area contributed by atoms with Crippen LogP contribution in [0.1, 0.15) is 0 Å². The lowest BCUT2D eigenvalue weighted by Crippen LogP contribution is -2.10. The van der Waals surface area contributed by atoms with Crippen LogP contribution in [0.5, 0.6) is 0 Å². The summed E-state index contributed by atoms with van der Waals surface area (Å²) in [6.07, 6.45) is 0. The molecule has 10 aromatic carbocycles. The van der Waals surface area contributed by atoms with Gasteiger partial charge in [-0.05, 0) is 126 Å². The number of fused-ring (bicyclic) bond motifs is 7. The summed E-state index contributed by atoms with van der Waals surface area (Å²) in [7, 11) is 0. The van der Waals surface area contributed by atoms with Crippen molar-refractivity contribution in [2.45, 2.75) is 0 Å². The van der Waals surface area contributed by atoms with Crippen molar-refractivity contribution < 1.29 is 4.42 Å². The first kappa shape index (κ1) is 32.0. The highest BCUT2D eigenvalue weighted by molar-refractivity contribution is 6.14. The Balaban J connectivity index is 1.04. The molecule has 0 N–H and O–H groups in total. The van der Waals surface area contributed by atoms with Crippen LogP contribution in [0.4, 0.5) is 17.1 Å². The van der Waals surface area contributed by atoms with Crippen LogP contribution < -0.4 is 4.90 Å². The average molecular weight is 714 g/mol. The molecule has 0 aliphatic rings. The Kier molecular flexibility index (Phi) is 7.53. The van der Waals surface area contributed by atoms with Crippen molar-refractivity contribution in [3.63, 3.8) is 0 Å². The predicted molar refractivity (Wildman–Crippen MR) is 237 cm³/mol. The van der Waals surface area contributed by atoms with E-state index in [2.05, 4.69) is 205 Å². The summed E-state index contributed by atoms with van der Waals surface area (Å²) < 4.78 is 6.13. The minimum atomic E-state index is 0.906. The third kappa shape index (κ3) is 5.42. The lowest BCUT2D eigenvalue weighted by molar-refractivity contribution is 0.669. The molecule has 0 fully saturated rings. The fourth-order valence-electron chi connectivity index (χ4n) is 8.53. The number of anilines is 3. The van der Waals surface area contributed by atoms with E-state index in [1.165, 1.54) is 54.6 Å². The molecular formula is C54H35NO. The van der Waals surface area contributed by atoms with Crippen LogP contribution in [0.2, 0.25) is 0 Å². The van der Waals surface area contributed by atoms with Crippen LogP contribution in [-0.2, 0) is 0 Å². The molecule has 11 rings (SSSR count). The molecule has 0 radical (unpaired) electrons. The Morgan fingerprint density at radius 3 is 1.66 bits per heavy atom. The molecule has 0 saturated carbocycles. The third-order valence-electron chi connectivity index (χ3n) is 11.2.